The highest BCUT2D eigenvalue weighted by molar-refractivity contribution is 7.99. The molecule has 5 nitrogen and oxygen atoms in total. The second-order valence-corrected chi connectivity index (χ2v) is 7.42. The zero-order valence-corrected chi connectivity index (χ0v) is 15.5. The third-order valence-corrected chi connectivity index (χ3v) is 5.66. The lowest BCUT2D eigenvalue weighted by atomic mass is 9.89. The van der Waals surface area contributed by atoms with E-state index in [0.717, 1.165) is 23.8 Å². The lowest BCUT2D eigenvalue weighted by Gasteiger charge is -2.21. The number of Topliss-reactive ketones (excluding diaryl/α,β-unsaturated/α-hetero) is 1. The van der Waals surface area contributed by atoms with Crippen LogP contribution in [0.4, 0.5) is 0 Å². The number of allylic oxidation sites excluding steroid dienone is 1. The van der Waals surface area contributed by atoms with Gasteiger partial charge in [-0.2, -0.15) is 5.26 Å². The van der Waals surface area contributed by atoms with E-state index in [4.69, 9.17) is 5.26 Å². The molecular weight excluding hydrogens is 344 g/mol. The van der Waals surface area contributed by atoms with Crippen LogP contribution in [0.25, 0.3) is 0 Å². The molecule has 3 rings (SSSR count). The van der Waals surface area contributed by atoms with Crippen molar-refractivity contribution in [2.45, 2.75) is 49.7 Å². The molecule has 0 atom stereocenters. The summed E-state index contributed by atoms with van der Waals surface area (Å²) in [6, 6.07) is 8.79. The van der Waals surface area contributed by atoms with Gasteiger partial charge in [0.25, 0.3) is 0 Å². The number of carbonyl (C=O) groups excluding carboxylic acids is 1. The second kappa shape index (κ2) is 8.81. The van der Waals surface area contributed by atoms with Crippen molar-refractivity contribution in [1.29, 1.82) is 5.26 Å². The van der Waals surface area contributed by atoms with Gasteiger partial charge in [0.2, 0.25) is 0 Å². The minimum absolute atomic E-state index is 0.0202. The number of aromatic nitrogens is 3. The number of thioether (sulfide) groups is 1. The van der Waals surface area contributed by atoms with E-state index in [1.807, 2.05) is 6.08 Å². The molecule has 6 heteroatoms. The Hall–Kier alpha value is -2.39. The van der Waals surface area contributed by atoms with Gasteiger partial charge in [-0.1, -0.05) is 49.2 Å². The summed E-state index contributed by atoms with van der Waals surface area (Å²) >= 11 is 1.41. The fourth-order valence-corrected chi connectivity index (χ4v) is 4.16. The molecule has 1 aromatic carbocycles. The van der Waals surface area contributed by atoms with Crippen LogP contribution < -0.4 is 0 Å². The standard InChI is InChI=1S/C20H22N4OS/c1-2-12-24-19(17-6-4-3-5-7-17)22-23-20(24)26-14-18(25)16-10-8-15(13-21)9-11-16/h2,8-11,17H,1,3-7,12,14H2. The van der Waals surface area contributed by atoms with Crippen molar-refractivity contribution >= 4 is 17.5 Å². The molecule has 0 aliphatic heterocycles. The molecule has 1 heterocycles. The number of benzene rings is 1. The maximum atomic E-state index is 12.4. The largest absolute Gasteiger partial charge is 0.302 e. The SMILES string of the molecule is C=CCn1c(SCC(=O)c2ccc(C#N)cc2)nnc1C1CCCCC1. The smallest absolute Gasteiger partial charge is 0.191 e. The van der Waals surface area contributed by atoms with Gasteiger partial charge in [0.15, 0.2) is 10.9 Å². The number of carbonyl (C=O) groups is 1. The first-order valence-corrected chi connectivity index (χ1v) is 9.91. The van der Waals surface area contributed by atoms with Gasteiger partial charge in [0, 0.05) is 18.0 Å². The van der Waals surface area contributed by atoms with Gasteiger partial charge >= 0.3 is 0 Å². The zero-order chi connectivity index (χ0) is 18.4. The zero-order valence-electron chi connectivity index (χ0n) is 14.7. The van der Waals surface area contributed by atoms with E-state index < -0.39 is 0 Å². The maximum absolute atomic E-state index is 12.4. The molecule has 0 radical (unpaired) electrons. The lowest BCUT2D eigenvalue weighted by molar-refractivity contribution is 0.102. The van der Waals surface area contributed by atoms with Gasteiger partial charge in [0.1, 0.15) is 5.82 Å². The van der Waals surface area contributed by atoms with E-state index in [1.54, 1.807) is 24.3 Å². The molecule has 134 valence electrons. The molecule has 0 bridgehead atoms. The summed E-state index contributed by atoms with van der Waals surface area (Å²) in [5.74, 6) is 1.80. The monoisotopic (exact) mass is 366 g/mol. The van der Waals surface area contributed by atoms with Gasteiger partial charge < -0.3 is 4.57 Å². The number of hydrogen-bond acceptors (Lipinski definition) is 5. The van der Waals surface area contributed by atoms with Gasteiger partial charge in [0.05, 0.1) is 17.4 Å². The minimum Gasteiger partial charge on any atom is -0.302 e. The topological polar surface area (TPSA) is 71.6 Å². The van der Waals surface area contributed by atoms with Crippen LogP contribution in [0.3, 0.4) is 0 Å². The highest BCUT2D eigenvalue weighted by Gasteiger charge is 2.23. The van der Waals surface area contributed by atoms with E-state index in [-0.39, 0.29) is 5.78 Å². The van der Waals surface area contributed by atoms with Crippen molar-refractivity contribution < 1.29 is 4.79 Å². The van der Waals surface area contributed by atoms with E-state index >= 15 is 0 Å². The minimum atomic E-state index is 0.0202. The van der Waals surface area contributed by atoms with E-state index in [9.17, 15) is 4.79 Å². The molecule has 1 saturated carbocycles. The summed E-state index contributed by atoms with van der Waals surface area (Å²) in [6.45, 7) is 4.50. The van der Waals surface area contributed by atoms with E-state index in [2.05, 4.69) is 27.4 Å². The Morgan fingerprint density at radius 2 is 2.00 bits per heavy atom. The molecular formula is C20H22N4OS. The Bertz CT molecular complexity index is 813. The quantitative estimate of drug-likeness (QED) is 0.414. The molecule has 1 aromatic heterocycles. The summed E-state index contributed by atoms with van der Waals surface area (Å²) in [4.78, 5) is 12.4. The average molecular weight is 366 g/mol. The number of rotatable bonds is 7. The first-order valence-electron chi connectivity index (χ1n) is 8.93. The third-order valence-electron chi connectivity index (χ3n) is 4.70. The Morgan fingerprint density at radius 3 is 2.65 bits per heavy atom. The lowest BCUT2D eigenvalue weighted by Crippen LogP contribution is -2.13. The summed E-state index contributed by atoms with van der Waals surface area (Å²) in [5, 5.41) is 18.4. The fourth-order valence-electron chi connectivity index (χ4n) is 3.31. The Kier molecular flexibility index (Phi) is 6.24. The molecule has 1 aliphatic rings. The van der Waals surface area contributed by atoms with Crippen LogP contribution in [-0.4, -0.2) is 26.3 Å². The third kappa shape index (κ3) is 4.23. The molecule has 0 spiro atoms. The Morgan fingerprint density at radius 1 is 1.27 bits per heavy atom. The van der Waals surface area contributed by atoms with Crippen LogP contribution in [0.5, 0.6) is 0 Å². The molecule has 1 fully saturated rings. The highest BCUT2D eigenvalue weighted by Crippen LogP contribution is 2.33. The van der Waals surface area contributed by atoms with Crippen LogP contribution in [0, 0.1) is 11.3 Å². The number of ketones is 1. The Balaban J connectivity index is 1.70. The van der Waals surface area contributed by atoms with Crippen LogP contribution in [0.2, 0.25) is 0 Å². The summed E-state index contributed by atoms with van der Waals surface area (Å²) in [7, 11) is 0. The van der Waals surface area contributed by atoms with Crippen LogP contribution in [0.15, 0.2) is 42.1 Å². The molecule has 1 aliphatic carbocycles. The van der Waals surface area contributed by atoms with E-state index in [0.29, 0.717) is 29.3 Å². The maximum Gasteiger partial charge on any atom is 0.191 e. The molecule has 26 heavy (non-hydrogen) atoms. The first-order chi connectivity index (χ1) is 12.7. The Labute approximate surface area is 158 Å². The highest BCUT2D eigenvalue weighted by atomic mass is 32.2. The molecule has 2 aromatic rings. The second-order valence-electron chi connectivity index (χ2n) is 6.48. The van der Waals surface area contributed by atoms with Crippen molar-refractivity contribution in [3.63, 3.8) is 0 Å². The van der Waals surface area contributed by atoms with Crippen molar-refractivity contribution in [2.75, 3.05) is 5.75 Å². The van der Waals surface area contributed by atoms with E-state index in [1.165, 1.54) is 31.0 Å². The van der Waals surface area contributed by atoms with Crippen molar-refractivity contribution in [3.05, 3.63) is 53.9 Å². The molecule has 0 saturated heterocycles. The summed E-state index contributed by atoms with van der Waals surface area (Å²) in [6.07, 6.45) is 7.94. The fraction of sp³-hybridized carbons (Fsp3) is 0.400. The van der Waals surface area contributed by atoms with Gasteiger partial charge in [-0.25, -0.2) is 0 Å². The van der Waals surface area contributed by atoms with Crippen molar-refractivity contribution in [2.24, 2.45) is 0 Å². The van der Waals surface area contributed by atoms with Gasteiger partial charge in [-0.05, 0) is 25.0 Å². The normalized spacial score (nSPS) is 14.7. The van der Waals surface area contributed by atoms with Crippen molar-refractivity contribution in [1.82, 2.24) is 14.8 Å². The van der Waals surface area contributed by atoms with Crippen LogP contribution in [-0.2, 0) is 6.54 Å². The predicted octanol–water partition coefficient (Wildman–Crippen LogP) is 4.36. The number of hydrogen-bond donors (Lipinski definition) is 0. The molecule has 0 unspecified atom stereocenters. The van der Waals surface area contributed by atoms with Crippen LogP contribution in [0.1, 0.15) is 59.8 Å². The molecule has 0 N–H and O–H groups in total. The molecule has 0 amide bonds. The predicted molar refractivity (Wildman–Crippen MR) is 102 cm³/mol. The first kappa shape index (κ1) is 18.4. The van der Waals surface area contributed by atoms with Gasteiger partial charge in [-0.3, -0.25) is 4.79 Å². The van der Waals surface area contributed by atoms with Gasteiger partial charge in [-0.15, -0.1) is 16.8 Å². The van der Waals surface area contributed by atoms with Crippen molar-refractivity contribution in [3.8, 4) is 6.07 Å². The number of nitriles is 1. The van der Waals surface area contributed by atoms with Crippen LogP contribution >= 0.6 is 11.8 Å². The summed E-state index contributed by atoms with van der Waals surface area (Å²) in [5.41, 5.74) is 1.16. The average Bonchev–Trinajstić information content (AvgIpc) is 3.10. The summed E-state index contributed by atoms with van der Waals surface area (Å²) < 4.78 is 2.10. The number of nitrogens with zero attached hydrogens (tertiary/aromatic N) is 4.